The summed E-state index contributed by atoms with van der Waals surface area (Å²) in [5.74, 6) is 3.01. The Morgan fingerprint density at radius 2 is 2.00 bits per heavy atom. The molecule has 0 spiro atoms. The van der Waals surface area contributed by atoms with Crippen LogP contribution in [-0.2, 0) is 10.2 Å². The topological polar surface area (TPSA) is 73.1 Å². The third-order valence-electron chi connectivity index (χ3n) is 3.66. The molecule has 2 rings (SSSR count). The zero-order chi connectivity index (χ0) is 15.5. The molecule has 0 saturated heterocycles. The minimum absolute atomic E-state index is 0.106. The summed E-state index contributed by atoms with van der Waals surface area (Å²) in [6.45, 7) is 10.8. The molecule has 1 aliphatic carbocycles. The predicted molar refractivity (Wildman–Crippen MR) is 86.5 cm³/mol. The van der Waals surface area contributed by atoms with E-state index in [4.69, 9.17) is 10.5 Å². The Balaban J connectivity index is 1.84. The molecule has 1 heterocycles. The average molecular weight is 292 g/mol. The van der Waals surface area contributed by atoms with Crippen LogP contribution in [0.25, 0.3) is 0 Å². The van der Waals surface area contributed by atoms with Gasteiger partial charge in [-0.15, -0.1) is 0 Å². The minimum atomic E-state index is -0.106. The molecular weight excluding hydrogens is 264 g/mol. The summed E-state index contributed by atoms with van der Waals surface area (Å²) in [7, 11) is 0. The molecular formula is C16H28N4O. The molecule has 0 aromatic carbocycles. The molecule has 1 aliphatic rings. The normalized spacial score (nSPS) is 15.2. The first-order valence-electron chi connectivity index (χ1n) is 7.84. The number of aromatic nitrogens is 2. The number of nitrogens with two attached hydrogens (primary N) is 1. The van der Waals surface area contributed by atoms with Crippen molar-refractivity contribution in [2.24, 2.45) is 5.92 Å². The average Bonchev–Trinajstić information content (AvgIpc) is 3.21. The third kappa shape index (κ3) is 4.84. The summed E-state index contributed by atoms with van der Waals surface area (Å²) in [4.78, 5) is 9.01. The Morgan fingerprint density at radius 3 is 2.62 bits per heavy atom. The highest BCUT2D eigenvalue weighted by Gasteiger charge is 2.21. The van der Waals surface area contributed by atoms with Crippen LogP contribution < -0.4 is 11.1 Å². The molecule has 0 unspecified atom stereocenters. The smallest absolute Gasteiger partial charge is 0.138 e. The van der Waals surface area contributed by atoms with Crippen LogP contribution in [0.3, 0.4) is 0 Å². The van der Waals surface area contributed by atoms with Gasteiger partial charge < -0.3 is 15.8 Å². The predicted octanol–water partition coefficient (Wildman–Crippen LogP) is 2.89. The quantitative estimate of drug-likeness (QED) is 0.756. The van der Waals surface area contributed by atoms with E-state index in [0.29, 0.717) is 5.82 Å². The van der Waals surface area contributed by atoms with Gasteiger partial charge >= 0.3 is 0 Å². The highest BCUT2D eigenvalue weighted by Crippen LogP contribution is 2.28. The Kier molecular flexibility index (Phi) is 5.04. The van der Waals surface area contributed by atoms with Gasteiger partial charge in [-0.1, -0.05) is 20.8 Å². The van der Waals surface area contributed by atoms with Crippen molar-refractivity contribution in [3.05, 3.63) is 11.4 Å². The number of nitrogen functional groups attached to an aromatic ring is 1. The van der Waals surface area contributed by atoms with E-state index in [-0.39, 0.29) is 5.41 Å². The van der Waals surface area contributed by atoms with Crippen LogP contribution in [-0.4, -0.2) is 29.7 Å². The van der Waals surface area contributed by atoms with Crippen LogP contribution in [0.15, 0.2) is 0 Å². The van der Waals surface area contributed by atoms with Crippen LogP contribution in [0.4, 0.5) is 11.6 Å². The fraction of sp³-hybridized carbons (Fsp3) is 0.750. The molecule has 1 aromatic rings. The first kappa shape index (κ1) is 16.0. The maximum absolute atomic E-state index is 5.99. The fourth-order valence-corrected chi connectivity index (χ4v) is 1.96. The van der Waals surface area contributed by atoms with Crippen LogP contribution >= 0.6 is 0 Å². The third-order valence-corrected chi connectivity index (χ3v) is 3.66. The lowest BCUT2D eigenvalue weighted by molar-refractivity contribution is 0.124. The lowest BCUT2D eigenvalue weighted by atomic mass is 9.95. The van der Waals surface area contributed by atoms with Gasteiger partial charge in [0.2, 0.25) is 0 Å². The van der Waals surface area contributed by atoms with Gasteiger partial charge in [-0.2, -0.15) is 0 Å². The van der Waals surface area contributed by atoms with Gasteiger partial charge in [-0.25, -0.2) is 9.97 Å². The van der Waals surface area contributed by atoms with Gasteiger partial charge in [0.25, 0.3) is 0 Å². The summed E-state index contributed by atoms with van der Waals surface area (Å²) in [5.41, 5.74) is 6.81. The highest BCUT2D eigenvalue weighted by atomic mass is 16.5. The zero-order valence-corrected chi connectivity index (χ0v) is 13.7. The van der Waals surface area contributed by atoms with Gasteiger partial charge in [-0.05, 0) is 32.1 Å². The maximum atomic E-state index is 5.99. The van der Waals surface area contributed by atoms with Crippen molar-refractivity contribution >= 4 is 11.6 Å². The molecule has 1 saturated carbocycles. The van der Waals surface area contributed by atoms with Gasteiger partial charge in [0, 0.05) is 30.7 Å². The molecule has 118 valence electrons. The number of nitrogens with zero attached hydrogens (tertiary/aromatic N) is 2. The first-order chi connectivity index (χ1) is 9.88. The maximum Gasteiger partial charge on any atom is 0.138 e. The molecule has 5 nitrogen and oxygen atoms in total. The molecule has 3 N–H and O–H groups in total. The van der Waals surface area contributed by atoms with E-state index < -0.39 is 0 Å². The SMILES string of the molecule is Cc1c(N)nc(C(C)(C)C)nc1NCCCOCC1CC1. The van der Waals surface area contributed by atoms with Crippen molar-refractivity contribution in [3.63, 3.8) is 0 Å². The standard InChI is InChI=1S/C16H28N4O/c1-11-13(17)19-15(16(2,3)4)20-14(11)18-8-5-9-21-10-12-6-7-12/h12H,5-10H2,1-4H3,(H3,17,18,19,20). The number of hydrogen-bond acceptors (Lipinski definition) is 5. The molecule has 0 bridgehead atoms. The van der Waals surface area contributed by atoms with Crippen molar-refractivity contribution < 1.29 is 4.74 Å². The van der Waals surface area contributed by atoms with Gasteiger partial charge in [0.1, 0.15) is 17.5 Å². The second-order valence-electron chi connectivity index (χ2n) is 6.95. The van der Waals surface area contributed by atoms with Gasteiger partial charge in [0.15, 0.2) is 0 Å². The van der Waals surface area contributed by atoms with E-state index in [0.717, 1.165) is 49.3 Å². The zero-order valence-electron chi connectivity index (χ0n) is 13.7. The molecule has 5 heteroatoms. The van der Waals surface area contributed by atoms with Gasteiger partial charge in [0.05, 0.1) is 0 Å². The summed E-state index contributed by atoms with van der Waals surface area (Å²) in [5, 5.41) is 3.36. The van der Waals surface area contributed by atoms with Crippen LogP contribution in [0.1, 0.15) is 51.4 Å². The number of nitrogens with one attached hydrogen (secondary N) is 1. The van der Waals surface area contributed by atoms with E-state index in [9.17, 15) is 0 Å². The second-order valence-corrected chi connectivity index (χ2v) is 6.95. The first-order valence-corrected chi connectivity index (χ1v) is 7.84. The van der Waals surface area contributed by atoms with E-state index in [1.165, 1.54) is 12.8 Å². The Morgan fingerprint density at radius 1 is 1.29 bits per heavy atom. The van der Waals surface area contributed by atoms with Crippen molar-refractivity contribution in [1.29, 1.82) is 0 Å². The van der Waals surface area contributed by atoms with Crippen LogP contribution in [0.5, 0.6) is 0 Å². The highest BCUT2D eigenvalue weighted by molar-refractivity contribution is 5.55. The fourth-order valence-electron chi connectivity index (χ4n) is 1.96. The van der Waals surface area contributed by atoms with Crippen molar-refractivity contribution in [3.8, 4) is 0 Å². The molecule has 0 atom stereocenters. The van der Waals surface area contributed by atoms with Crippen LogP contribution in [0, 0.1) is 12.8 Å². The molecule has 1 fully saturated rings. The largest absolute Gasteiger partial charge is 0.383 e. The monoisotopic (exact) mass is 292 g/mol. The number of hydrogen-bond donors (Lipinski definition) is 2. The van der Waals surface area contributed by atoms with Crippen molar-refractivity contribution in [2.45, 2.75) is 52.4 Å². The molecule has 1 aromatic heterocycles. The second kappa shape index (κ2) is 6.60. The Hall–Kier alpha value is -1.36. The lowest BCUT2D eigenvalue weighted by Crippen LogP contribution is -2.20. The minimum Gasteiger partial charge on any atom is -0.383 e. The van der Waals surface area contributed by atoms with E-state index in [1.54, 1.807) is 0 Å². The van der Waals surface area contributed by atoms with E-state index >= 15 is 0 Å². The molecule has 0 aliphatic heterocycles. The number of anilines is 2. The van der Waals surface area contributed by atoms with E-state index in [2.05, 4.69) is 36.1 Å². The Bertz CT molecular complexity index is 478. The van der Waals surface area contributed by atoms with Crippen LogP contribution in [0.2, 0.25) is 0 Å². The Labute approximate surface area is 127 Å². The van der Waals surface area contributed by atoms with E-state index in [1.807, 2.05) is 6.92 Å². The molecule has 0 radical (unpaired) electrons. The summed E-state index contributed by atoms with van der Waals surface area (Å²) >= 11 is 0. The molecule has 0 amide bonds. The number of rotatable bonds is 7. The number of ether oxygens (including phenoxy) is 1. The van der Waals surface area contributed by atoms with Crippen molar-refractivity contribution in [1.82, 2.24) is 9.97 Å². The van der Waals surface area contributed by atoms with Crippen molar-refractivity contribution in [2.75, 3.05) is 30.8 Å². The summed E-state index contributed by atoms with van der Waals surface area (Å²) in [6.07, 6.45) is 3.65. The summed E-state index contributed by atoms with van der Waals surface area (Å²) in [6, 6.07) is 0. The van der Waals surface area contributed by atoms with Gasteiger partial charge in [-0.3, -0.25) is 0 Å². The molecule has 21 heavy (non-hydrogen) atoms. The lowest BCUT2D eigenvalue weighted by Gasteiger charge is -2.19. The summed E-state index contributed by atoms with van der Waals surface area (Å²) < 4.78 is 5.63.